The minimum absolute atomic E-state index is 0.143. The van der Waals surface area contributed by atoms with Crippen LogP contribution in [0.1, 0.15) is 40.0 Å². The lowest BCUT2D eigenvalue weighted by Crippen LogP contribution is -2.39. The summed E-state index contributed by atoms with van der Waals surface area (Å²) in [6.07, 6.45) is 2.71. The van der Waals surface area contributed by atoms with E-state index < -0.39 is 0 Å². The molecule has 12 heavy (non-hydrogen) atoms. The minimum atomic E-state index is -0.143. The molecule has 1 saturated carbocycles. The molecule has 1 atom stereocenters. The van der Waals surface area contributed by atoms with Crippen molar-refractivity contribution in [2.45, 2.75) is 40.0 Å². The number of hydrogen-bond acceptors (Lipinski definition) is 2. The van der Waals surface area contributed by atoms with E-state index in [9.17, 15) is 4.79 Å². The molecule has 1 nitrogen and oxygen atoms in total. The summed E-state index contributed by atoms with van der Waals surface area (Å²) in [5.41, 5.74) is 0.0106. The summed E-state index contributed by atoms with van der Waals surface area (Å²) < 4.78 is 0. The summed E-state index contributed by atoms with van der Waals surface area (Å²) in [5.74, 6) is 1.13. The summed E-state index contributed by atoms with van der Waals surface area (Å²) in [6.45, 7) is 6.48. The van der Waals surface area contributed by atoms with Gasteiger partial charge in [0.2, 0.25) is 0 Å². The molecule has 0 aliphatic heterocycles. The van der Waals surface area contributed by atoms with Crippen molar-refractivity contribution in [1.29, 1.82) is 0 Å². The maximum absolute atomic E-state index is 11.7. The summed E-state index contributed by atoms with van der Waals surface area (Å²) in [4.78, 5) is 11.7. The second-order valence-corrected chi connectivity index (χ2v) is 4.72. The normalized spacial score (nSPS) is 34.2. The van der Waals surface area contributed by atoms with Gasteiger partial charge >= 0.3 is 0 Å². The molecule has 0 aromatic carbocycles. The van der Waals surface area contributed by atoms with Crippen LogP contribution in [0.4, 0.5) is 0 Å². The lowest BCUT2D eigenvalue weighted by molar-refractivity contribution is -0.127. The third-order valence-electron chi connectivity index (χ3n) is 3.68. The molecule has 0 N–H and O–H groups in total. The third-order valence-corrected chi connectivity index (χ3v) is 4.22. The van der Waals surface area contributed by atoms with Gasteiger partial charge in [0.25, 0.3) is 0 Å². The Morgan fingerprint density at radius 1 is 1.50 bits per heavy atom. The van der Waals surface area contributed by atoms with Gasteiger partial charge < -0.3 is 0 Å². The van der Waals surface area contributed by atoms with Crippen LogP contribution < -0.4 is 0 Å². The average Bonchev–Trinajstić information content (AvgIpc) is 2.24. The van der Waals surface area contributed by atoms with Gasteiger partial charge in [-0.2, -0.15) is 12.6 Å². The summed E-state index contributed by atoms with van der Waals surface area (Å²) in [7, 11) is 0. The van der Waals surface area contributed by atoms with Crippen LogP contribution in [0.15, 0.2) is 0 Å². The van der Waals surface area contributed by atoms with Crippen molar-refractivity contribution >= 4 is 18.4 Å². The monoisotopic (exact) mass is 186 g/mol. The first-order valence-corrected chi connectivity index (χ1v) is 5.27. The molecule has 0 aromatic heterocycles. The van der Waals surface area contributed by atoms with Crippen molar-refractivity contribution in [1.82, 2.24) is 0 Å². The van der Waals surface area contributed by atoms with Gasteiger partial charge in [0.15, 0.2) is 0 Å². The molecule has 70 valence electrons. The molecule has 1 rings (SSSR count). The van der Waals surface area contributed by atoms with E-state index in [1.54, 1.807) is 0 Å². The minimum Gasteiger partial charge on any atom is -0.299 e. The van der Waals surface area contributed by atoms with Crippen LogP contribution >= 0.6 is 12.6 Å². The Balaban J connectivity index is 3.03. The maximum Gasteiger partial charge on any atom is 0.140 e. The van der Waals surface area contributed by atoms with Crippen LogP contribution in [0, 0.1) is 10.8 Å². The highest BCUT2D eigenvalue weighted by atomic mass is 32.1. The van der Waals surface area contributed by atoms with Crippen LogP contribution in [0.25, 0.3) is 0 Å². The number of ketones is 1. The number of Topliss-reactive ketones (excluding diaryl/α,β-unsaturated/α-hetero) is 1. The predicted octanol–water partition coefficient (Wildman–Crippen LogP) is 2.70. The second-order valence-electron chi connectivity index (χ2n) is 4.40. The first-order valence-electron chi connectivity index (χ1n) is 4.64. The fourth-order valence-corrected chi connectivity index (χ4v) is 3.20. The quantitative estimate of drug-likeness (QED) is 0.656. The van der Waals surface area contributed by atoms with Gasteiger partial charge in [-0.05, 0) is 18.3 Å². The number of carbonyl (C=O) groups is 1. The largest absolute Gasteiger partial charge is 0.299 e. The predicted molar refractivity (Wildman–Crippen MR) is 54.6 cm³/mol. The topological polar surface area (TPSA) is 17.1 Å². The fraction of sp³-hybridized carbons (Fsp3) is 0.900. The van der Waals surface area contributed by atoms with Gasteiger partial charge in [-0.3, -0.25) is 4.79 Å². The molecule has 0 heterocycles. The molecule has 1 aliphatic rings. The van der Waals surface area contributed by atoms with E-state index in [1.807, 2.05) is 0 Å². The van der Waals surface area contributed by atoms with E-state index in [4.69, 9.17) is 0 Å². The van der Waals surface area contributed by atoms with Gasteiger partial charge in [0.05, 0.1) is 0 Å². The van der Waals surface area contributed by atoms with Gasteiger partial charge in [-0.1, -0.05) is 20.8 Å². The maximum atomic E-state index is 11.7. The van der Waals surface area contributed by atoms with Crippen LogP contribution in [0.5, 0.6) is 0 Å². The highest BCUT2D eigenvalue weighted by Crippen LogP contribution is 2.52. The molecule has 1 unspecified atom stereocenters. The SMILES string of the molecule is CCC1(CS)C(=O)CCC1(C)C. The Morgan fingerprint density at radius 3 is 2.25 bits per heavy atom. The highest BCUT2D eigenvalue weighted by Gasteiger charge is 2.52. The zero-order valence-corrected chi connectivity index (χ0v) is 9.08. The molecule has 2 heteroatoms. The first kappa shape index (κ1) is 10.1. The Morgan fingerprint density at radius 2 is 2.08 bits per heavy atom. The smallest absolute Gasteiger partial charge is 0.140 e. The van der Waals surface area contributed by atoms with E-state index in [1.165, 1.54) is 0 Å². The molecule has 0 saturated heterocycles. The van der Waals surface area contributed by atoms with Crippen molar-refractivity contribution in [2.75, 3.05) is 5.75 Å². The molecule has 0 bridgehead atoms. The summed E-state index contributed by atoms with van der Waals surface area (Å²) in [5, 5.41) is 0. The van der Waals surface area contributed by atoms with Crippen molar-refractivity contribution in [3.05, 3.63) is 0 Å². The molecular weight excluding hydrogens is 168 g/mol. The zero-order valence-electron chi connectivity index (χ0n) is 8.18. The number of carbonyl (C=O) groups excluding carboxylic acids is 1. The van der Waals surface area contributed by atoms with Crippen LogP contribution in [-0.4, -0.2) is 11.5 Å². The second kappa shape index (κ2) is 3.06. The number of rotatable bonds is 2. The fourth-order valence-electron chi connectivity index (χ4n) is 2.37. The number of thiol groups is 1. The lowest BCUT2D eigenvalue weighted by atomic mass is 9.67. The molecule has 1 fully saturated rings. The van der Waals surface area contributed by atoms with Crippen molar-refractivity contribution in [2.24, 2.45) is 10.8 Å². The van der Waals surface area contributed by atoms with Gasteiger partial charge in [-0.15, -0.1) is 0 Å². The van der Waals surface area contributed by atoms with Crippen LogP contribution in [0.3, 0.4) is 0 Å². The summed E-state index contributed by atoms with van der Waals surface area (Å²) in [6, 6.07) is 0. The van der Waals surface area contributed by atoms with Crippen LogP contribution in [0.2, 0.25) is 0 Å². The Kier molecular flexibility index (Phi) is 2.57. The summed E-state index contributed by atoms with van der Waals surface area (Å²) >= 11 is 4.33. The third kappa shape index (κ3) is 1.12. The van der Waals surface area contributed by atoms with E-state index in [-0.39, 0.29) is 10.8 Å². The average molecular weight is 186 g/mol. The van der Waals surface area contributed by atoms with E-state index >= 15 is 0 Å². The van der Waals surface area contributed by atoms with E-state index in [0.29, 0.717) is 11.5 Å². The van der Waals surface area contributed by atoms with Gasteiger partial charge in [0.1, 0.15) is 5.78 Å². The molecule has 0 spiro atoms. The molecule has 0 amide bonds. The Bertz CT molecular complexity index is 192. The standard InChI is InChI=1S/C10H18OS/c1-4-10(7-12)8(11)5-6-9(10,2)3/h12H,4-7H2,1-3H3. The first-order chi connectivity index (χ1) is 5.50. The zero-order chi connectivity index (χ0) is 9.41. The van der Waals surface area contributed by atoms with Gasteiger partial charge in [-0.25, -0.2) is 0 Å². The van der Waals surface area contributed by atoms with E-state index in [2.05, 4.69) is 33.4 Å². The molecule has 0 aromatic rings. The molecular formula is C10H18OS. The van der Waals surface area contributed by atoms with Crippen LogP contribution in [-0.2, 0) is 4.79 Å². The van der Waals surface area contributed by atoms with Gasteiger partial charge in [0, 0.05) is 17.6 Å². The van der Waals surface area contributed by atoms with Crippen molar-refractivity contribution < 1.29 is 4.79 Å². The Labute approximate surface area is 80.3 Å². The highest BCUT2D eigenvalue weighted by molar-refractivity contribution is 7.80. The van der Waals surface area contributed by atoms with E-state index in [0.717, 1.165) is 19.3 Å². The lowest BCUT2D eigenvalue weighted by Gasteiger charge is -2.38. The number of hydrogen-bond donors (Lipinski definition) is 1. The Hall–Kier alpha value is 0.0200. The van der Waals surface area contributed by atoms with Crippen molar-refractivity contribution in [3.63, 3.8) is 0 Å². The molecule has 1 aliphatic carbocycles. The molecule has 0 radical (unpaired) electrons. The van der Waals surface area contributed by atoms with Crippen molar-refractivity contribution in [3.8, 4) is 0 Å².